The van der Waals surface area contributed by atoms with Crippen LogP contribution in [-0.2, 0) is 11.2 Å². The van der Waals surface area contributed by atoms with Crippen LogP contribution in [0.2, 0.25) is 0 Å². The van der Waals surface area contributed by atoms with Gasteiger partial charge in [0.05, 0.1) is 11.3 Å². The van der Waals surface area contributed by atoms with Crippen molar-refractivity contribution in [3.8, 4) is 5.75 Å². The molecule has 2 aromatic rings. The predicted molar refractivity (Wildman–Crippen MR) is 106 cm³/mol. The molecule has 0 aromatic heterocycles. The highest BCUT2D eigenvalue weighted by Crippen LogP contribution is 2.24. The van der Waals surface area contributed by atoms with Gasteiger partial charge in [0.15, 0.2) is 6.61 Å². The Morgan fingerprint density at radius 1 is 1.07 bits per heavy atom. The molecule has 1 aliphatic heterocycles. The number of amides is 2. The molecule has 0 atom stereocenters. The number of anilines is 1. The van der Waals surface area contributed by atoms with Gasteiger partial charge in [-0.05, 0) is 49.4 Å². The minimum Gasteiger partial charge on any atom is -0.483 e. The molecule has 1 N–H and O–H groups in total. The third-order valence-electron chi connectivity index (χ3n) is 4.87. The number of hydrogen-bond acceptors (Lipinski definition) is 3. The van der Waals surface area contributed by atoms with E-state index in [1.165, 1.54) is 0 Å². The Balaban J connectivity index is 1.71. The van der Waals surface area contributed by atoms with Crippen LogP contribution in [0.1, 0.15) is 41.3 Å². The zero-order valence-electron chi connectivity index (χ0n) is 16.0. The van der Waals surface area contributed by atoms with E-state index in [0.29, 0.717) is 17.0 Å². The fourth-order valence-electron chi connectivity index (χ4n) is 3.36. The highest BCUT2D eigenvalue weighted by molar-refractivity contribution is 6.05. The number of ether oxygens (including phenoxy) is 1. The summed E-state index contributed by atoms with van der Waals surface area (Å²) in [6, 6.07) is 13.2. The number of rotatable bonds is 6. The van der Waals surface area contributed by atoms with Crippen LogP contribution >= 0.6 is 0 Å². The Morgan fingerprint density at radius 2 is 1.81 bits per heavy atom. The zero-order valence-corrected chi connectivity index (χ0v) is 16.0. The van der Waals surface area contributed by atoms with Crippen LogP contribution in [0, 0.1) is 6.92 Å². The predicted octanol–water partition coefficient (Wildman–Crippen LogP) is 3.81. The summed E-state index contributed by atoms with van der Waals surface area (Å²) in [5.41, 5.74) is 3.04. The number of likely N-dealkylation sites (tertiary alicyclic amines) is 1. The second-order valence-electron chi connectivity index (χ2n) is 6.79. The minimum atomic E-state index is -0.273. The van der Waals surface area contributed by atoms with Crippen molar-refractivity contribution in [2.45, 2.75) is 33.1 Å². The monoisotopic (exact) mass is 366 g/mol. The SMILES string of the molecule is CCc1ccccc1OCC(=O)Nc1c(C)cccc1C(=O)N1CCCC1. The van der Waals surface area contributed by atoms with E-state index in [1.54, 1.807) is 6.07 Å². The molecule has 5 nitrogen and oxygen atoms in total. The number of hydrogen-bond donors (Lipinski definition) is 1. The largest absolute Gasteiger partial charge is 0.483 e. The Morgan fingerprint density at radius 3 is 2.56 bits per heavy atom. The fourth-order valence-corrected chi connectivity index (χ4v) is 3.36. The van der Waals surface area contributed by atoms with E-state index >= 15 is 0 Å². The molecule has 0 spiro atoms. The van der Waals surface area contributed by atoms with Gasteiger partial charge < -0.3 is 15.0 Å². The molecule has 1 saturated heterocycles. The minimum absolute atomic E-state index is 0.0243. The first kappa shape index (κ1) is 19.0. The third kappa shape index (κ3) is 4.48. The van der Waals surface area contributed by atoms with Gasteiger partial charge in [-0.1, -0.05) is 37.3 Å². The molecule has 0 bridgehead atoms. The molecule has 2 aromatic carbocycles. The summed E-state index contributed by atoms with van der Waals surface area (Å²) in [4.78, 5) is 27.1. The van der Waals surface area contributed by atoms with Gasteiger partial charge in [0, 0.05) is 13.1 Å². The molecule has 0 unspecified atom stereocenters. The number of carbonyl (C=O) groups is 2. The van der Waals surface area contributed by atoms with E-state index in [2.05, 4.69) is 5.32 Å². The van der Waals surface area contributed by atoms with Crippen LogP contribution in [0.25, 0.3) is 0 Å². The number of aryl methyl sites for hydroxylation is 2. The molecule has 1 aliphatic rings. The molecule has 3 rings (SSSR count). The highest BCUT2D eigenvalue weighted by atomic mass is 16.5. The van der Waals surface area contributed by atoms with Crippen LogP contribution in [0.15, 0.2) is 42.5 Å². The van der Waals surface area contributed by atoms with Crippen LogP contribution in [0.5, 0.6) is 5.75 Å². The summed E-state index contributed by atoms with van der Waals surface area (Å²) in [6.45, 7) is 5.40. The number of nitrogens with zero attached hydrogens (tertiary/aromatic N) is 1. The van der Waals surface area contributed by atoms with Gasteiger partial charge in [-0.25, -0.2) is 0 Å². The number of nitrogens with one attached hydrogen (secondary N) is 1. The maximum Gasteiger partial charge on any atom is 0.262 e. The maximum absolute atomic E-state index is 12.8. The van der Waals surface area contributed by atoms with Crippen LogP contribution in [-0.4, -0.2) is 36.4 Å². The summed E-state index contributed by atoms with van der Waals surface area (Å²) >= 11 is 0. The summed E-state index contributed by atoms with van der Waals surface area (Å²) in [5.74, 6) is 0.419. The lowest BCUT2D eigenvalue weighted by atomic mass is 10.1. The van der Waals surface area contributed by atoms with Gasteiger partial charge in [0.1, 0.15) is 5.75 Å². The quantitative estimate of drug-likeness (QED) is 0.846. The van der Waals surface area contributed by atoms with E-state index < -0.39 is 0 Å². The van der Waals surface area contributed by atoms with Crippen molar-refractivity contribution in [1.29, 1.82) is 0 Å². The van der Waals surface area contributed by atoms with Crippen molar-refractivity contribution in [2.75, 3.05) is 25.0 Å². The highest BCUT2D eigenvalue weighted by Gasteiger charge is 2.23. The van der Waals surface area contributed by atoms with E-state index in [1.807, 2.05) is 55.1 Å². The molecule has 0 aliphatic carbocycles. The second kappa shape index (κ2) is 8.71. The van der Waals surface area contributed by atoms with Crippen LogP contribution in [0.3, 0.4) is 0 Å². The van der Waals surface area contributed by atoms with Crippen LogP contribution < -0.4 is 10.1 Å². The molecule has 2 amide bonds. The first-order valence-corrected chi connectivity index (χ1v) is 9.49. The number of benzene rings is 2. The summed E-state index contributed by atoms with van der Waals surface area (Å²) < 4.78 is 5.69. The van der Waals surface area contributed by atoms with E-state index in [0.717, 1.165) is 43.5 Å². The molecule has 0 saturated carbocycles. The molecular weight excluding hydrogens is 340 g/mol. The molecule has 142 valence electrons. The normalized spacial score (nSPS) is 13.5. The van der Waals surface area contributed by atoms with Crippen molar-refractivity contribution in [1.82, 2.24) is 4.90 Å². The Kier molecular flexibility index (Phi) is 6.12. The van der Waals surface area contributed by atoms with Crippen molar-refractivity contribution in [3.05, 3.63) is 59.2 Å². The molecule has 27 heavy (non-hydrogen) atoms. The second-order valence-corrected chi connectivity index (χ2v) is 6.79. The summed E-state index contributed by atoms with van der Waals surface area (Å²) in [7, 11) is 0. The number of carbonyl (C=O) groups excluding carboxylic acids is 2. The standard InChI is InChI=1S/C22H26N2O3/c1-3-17-10-4-5-12-19(17)27-15-20(25)23-21-16(2)9-8-11-18(21)22(26)24-13-6-7-14-24/h4-5,8-12H,3,6-7,13-15H2,1-2H3,(H,23,25). The molecule has 0 radical (unpaired) electrons. The average molecular weight is 366 g/mol. The van der Waals surface area contributed by atoms with Crippen molar-refractivity contribution < 1.29 is 14.3 Å². The van der Waals surface area contributed by atoms with Gasteiger partial charge >= 0.3 is 0 Å². The first-order chi connectivity index (χ1) is 13.1. The lowest BCUT2D eigenvalue weighted by Gasteiger charge is -2.19. The fraction of sp³-hybridized carbons (Fsp3) is 0.364. The summed E-state index contributed by atoms with van der Waals surface area (Å²) in [5, 5.41) is 2.88. The Hall–Kier alpha value is -2.82. The smallest absolute Gasteiger partial charge is 0.262 e. The average Bonchev–Trinajstić information content (AvgIpc) is 3.22. The topological polar surface area (TPSA) is 58.6 Å². The first-order valence-electron chi connectivity index (χ1n) is 9.49. The molecule has 5 heteroatoms. The van der Waals surface area contributed by atoms with Gasteiger partial charge in [-0.15, -0.1) is 0 Å². The van der Waals surface area contributed by atoms with Crippen molar-refractivity contribution in [2.24, 2.45) is 0 Å². The van der Waals surface area contributed by atoms with E-state index in [4.69, 9.17) is 4.74 Å². The van der Waals surface area contributed by atoms with Gasteiger partial charge in [-0.2, -0.15) is 0 Å². The van der Waals surface area contributed by atoms with Crippen molar-refractivity contribution >= 4 is 17.5 Å². The van der Waals surface area contributed by atoms with Gasteiger partial charge in [0.25, 0.3) is 11.8 Å². The molecule has 1 heterocycles. The van der Waals surface area contributed by atoms with Crippen LogP contribution in [0.4, 0.5) is 5.69 Å². The van der Waals surface area contributed by atoms with Crippen molar-refractivity contribution in [3.63, 3.8) is 0 Å². The van der Waals surface area contributed by atoms with E-state index in [9.17, 15) is 9.59 Å². The maximum atomic E-state index is 12.8. The Labute approximate surface area is 160 Å². The lowest BCUT2D eigenvalue weighted by molar-refractivity contribution is -0.118. The molecular formula is C22H26N2O3. The van der Waals surface area contributed by atoms with Gasteiger partial charge in [-0.3, -0.25) is 9.59 Å². The Bertz CT molecular complexity index is 826. The zero-order chi connectivity index (χ0) is 19.2. The number of para-hydroxylation sites is 2. The third-order valence-corrected chi connectivity index (χ3v) is 4.87. The summed E-state index contributed by atoms with van der Waals surface area (Å²) in [6.07, 6.45) is 2.90. The lowest BCUT2D eigenvalue weighted by Crippen LogP contribution is -2.29. The molecule has 1 fully saturated rings. The van der Waals surface area contributed by atoms with Gasteiger partial charge in [0.2, 0.25) is 0 Å². The van der Waals surface area contributed by atoms with E-state index in [-0.39, 0.29) is 18.4 Å².